The highest BCUT2D eigenvalue weighted by molar-refractivity contribution is 5.16. The number of rotatable bonds is 3. The smallest absolute Gasteiger partial charge is 0.213 e. The van der Waals surface area contributed by atoms with E-state index in [-0.39, 0.29) is 0 Å². The second kappa shape index (κ2) is 4.50. The summed E-state index contributed by atoms with van der Waals surface area (Å²) in [5.41, 5.74) is 0.821. The highest BCUT2D eigenvalue weighted by Crippen LogP contribution is 2.10. The Kier molecular flexibility index (Phi) is 2.88. The van der Waals surface area contributed by atoms with Crippen molar-refractivity contribution in [3.8, 4) is 5.75 Å². The molecule has 0 saturated heterocycles. The minimum Gasteiger partial charge on any atom is -0.486 e. The van der Waals surface area contributed by atoms with E-state index in [2.05, 4.69) is 9.97 Å². The van der Waals surface area contributed by atoms with Crippen molar-refractivity contribution in [1.82, 2.24) is 9.97 Å². The second-order valence-corrected chi connectivity index (χ2v) is 2.93. The molecular weight excluding hydrogens is 195 g/mol. The molecule has 2 aromatic rings. The molecule has 0 aliphatic carbocycles. The molecule has 0 radical (unpaired) electrons. The van der Waals surface area contributed by atoms with Crippen molar-refractivity contribution < 1.29 is 9.13 Å². The van der Waals surface area contributed by atoms with E-state index in [1.54, 1.807) is 6.20 Å². The highest BCUT2D eigenvalue weighted by atomic mass is 19.1. The van der Waals surface area contributed by atoms with Crippen molar-refractivity contribution in [2.24, 2.45) is 0 Å². The fourth-order valence-electron chi connectivity index (χ4n) is 1.09. The van der Waals surface area contributed by atoms with E-state index in [0.717, 1.165) is 5.69 Å². The Balaban J connectivity index is 1.96. The van der Waals surface area contributed by atoms with E-state index in [9.17, 15) is 4.39 Å². The van der Waals surface area contributed by atoms with Gasteiger partial charge in [-0.2, -0.15) is 4.39 Å². The molecule has 76 valence electrons. The molecule has 0 spiro atoms. The van der Waals surface area contributed by atoms with Crippen LogP contribution in [0.3, 0.4) is 0 Å². The standard InChI is InChI=1S/C11H9FN2O/c12-11-5-4-10(7-14-11)15-8-9-3-1-2-6-13-9/h1-7H,8H2. The predicted molar refractivity (Wildman–Crippen MR) is 52.8 cm³/mol. The normalized spacial score (nSPS) is 9.93. The summed E-state index contributed by atoms with van der Waals surface area (Å²) in [6, 6.07) is 8.37. The third-order valence-electron chi connectivity index (χ3n) is 1.81. The van der Waals surface area contributed by atoms with Crippen LogP contribution in [-0.2, 0) is 6.61 Å². The highest BCUT2D eigenvalue weighted by Gasteiger charge is 1.97. The van der Waals surface area contributed by atoms with Gasteiger partial charge in [0.15, 0.2) is 0 Å². The summed E-state index contributed by atoms with van der Waals surface area (Å²) >= 11 is 0. The first-order valence-electron chi connectivity index (χ1n) is 4.49. The fourth-order valence-corrected chi connectivity index (χ4v) is 1.09. The van der Waals surface area contributed by atoms with Gasteiger partial charge >= 0.3 is 0 Å². The van der Waals surface area contributed by atoms with Gasteiger partial charge in [0, 0.05) is 6.20 Å². The van der Waals surface area contributed by atoms with Crippen LogP contribution in [0.4, 0.5) is 4.39 Å². The van der Waals surface area contributed by atoms with E-state index < -0.39 is 5.95 Å². The second-order valence-electron chi connectivity index (χ2n) is 2.93. The zero-order valence-corrected chi connectivity index (χ0v) is 7.93. The van der Waals surface area contributed by atoms with Crippen molar-refractivity contribution in [3.63, 3.8) is 0 Å². The van der Waals surface area contributed by atoms with E-state index in [0.29, 0.717) is 12.4 Å². The monoisotopic (exact) mass is 204 g/mol. The molecule has 0 aromatic carbocycles. The van der Waals surface area contributed by atoms with Gasteiger partial charge in [0.05, 0.1) is 11.9 Å². The molecule has 2 rings (SSSR count). The number of hydrogen-bond acceptors (Lipinski definition) is 3. The maximum absolute atomic E-state index is 12.5. The van der Waals surface area contributed by atoms with Gasteiger partial charge < -0.3 is 4.74 Å². The first-order chi connectivity index (χ1) is 7.34. The van der Waals surface area contributed by atoms with Crippen LogP contribution in [0.15, 0.2) is 42.7 Å². The van der Waals surface area contributed by atoms with Crippen LogP contribution in [0.1, 0.15) is 5.69 Å². The summed E-state index contributed by atoms with van der Waals surface area (Å²) in [5, 5.41) is 0. The topological polar surface area (TPSA) is 35.0 Å². The van der Waals surface area contributed by atoms with Gasteiger partial charge in [-0.1, -0.05) is 6.07 Å². The molecule has 0 aliphatic rings. The fraction of sp³-hybridized carbons (Fsp3) is 0.0909. The third-order valence-corrected chi connectivity index (χ3v) is 1.81. The predicted octanol–water partition coefficient (Wildman–Crippen LogP) is 2.19. The summed E-state index contributed by atoms with van der Waals surface area (Å²) in [5.74, 6) is 0.0160. The number of nitrogens with zero attached hydrogens (tertiary/aromatic N) is 2. The van der Waals surface area contributed by atoms with Crippen LogP contribution < -0.4 is 4.74 Å². The average molecular weight is 204 g/mol. The molecule has 0 bridgehead atoms. The zero-order valence-electron chi connectivity index (χ0n) is 7.93. The molecule has 2 aromatic heterocycles. The van der Waals surface area contributed by atoms with Crippen molar-refractivity contribution in [2.45, 2.75) is 6.61 Å². The van der Waals surface area contributed by atoms with Crippen LogP contribution in [0.2, 0.25) is 0 Å². The maximum atomic E-state index is 12.5. The average Bonchev–Trinajstić information content (AvgIpc) is 2.30. The SMILES string of the molecule is Fc1ccc(OCc2ccccn2)cn1. The molecular formula is C11H9FN2O. The lowest BCUT2D eigenvalue weighted by Crippen LogP contribution is -1.97. The summed E-state index contributed by atoms with van der Waals surface area (Å²) < 4.78 is 17.8. The number of aromatic nitrogens is 2. The summed E-state index contributed by atoms with van der Waals surface area (Å²) in [4.78, 5) is 7.57. The van der Waals surface area contributed by atoms with Crippen LogP contribution >= 0.6 is 0 Å². The van der Waals surface area contributed by atoms with Gasteiger partial charge in [0.1, 0.15) is 12.4 Å². The van der Waals surface area contributed by atoms with E-state index in [4.69, 9.17) is 4.74 Å². The van der Waals surface area contributed by atoms with Crippen LogP contribution in [0.25, 0.3) is 0 Å². The Morgan fingerprint density at radius 1 is 1.13 bits per heavy atom. The van der Waals surface area contributed by atoms with Gasteiger partial charge in [0.25, 0.3) is 0 Å². The van der Waals surface area contributed by atoms with E-state index >= 15 is 0 Å². The van der Waals surface area contributed by atoms with Crippen LogP contribution in [-0.4, -0.2) is 9.97 Å². The minimum absolute atomic E-state index is 0.355. The first kappa shape index (κ1) is 9.58. The number of hydrogen-bond donors (Lipinski definition) is 0. The van der Waals surface area contributed by atoms with Gasteiger partial charge in [-0.3, -0.25) is 4.98 Å². The molecule has 0 N–H and O–H groups in total. The lowest BCUT2D eigenvalue weighted by atomic mass is 10.4. The van der Waals surface area contributed by atoms with Crippen molar-refractivity contribution >= 4 is 0 Å². The molecule has 0 saturated carbocycles. The van der Waals surface area contributed by atoms with Gasteiger partial charge in [0.2, 0.25) is 5.95 Å². The summed E-state index contributed by atoms with van der Waals surface area (Å²) in [6.07, 6.45) is 3.04. The van der Waals surface area contributed by atoms with Gasteiger partial charge in [-0.15, -0.1) is 0 Å². The van der Waals surface area contributed by atoms with Crippen LogP contribution in [0, 0.1) is 5.95 Å². The van der Waals surface area contributed by atoms with E-state index in [1.807, 2.05) is 18.2 Å². The molecule has 0 aliphatic heterocycles. The Labute approximate surface area is 86.6 Å². The Morgan fingerprint density at radius 3 is 2.73 bits per heavy atom. The number of ether oxygens (including phenoxy) is 1. The third kappa shape index (κ3) is 2.74. The summed E-state index contributed by atoms with van der Waals surface area (Å²) in [6.45, 7) is 0.355. The molecule has 0 atom stereocenters. The van der Waals surface area contributed by atoms with Crippen LogP contribution in [0.5, 0.6) is 5.75 Å². The largest absolute Gasteiger partial charge is 0.486 e. The van der Waals surface area contributed by atoms with E-state index in [1.165, 1.54) is 18.3 Å². The Bertz CT molecular complexity index is 416. The van der Waals surface area contributed by atoms with Crippen molar-refractivity contribution in [1.29, 1.82) is 0 Å². The number of halogens is 1. The zero-order chi connectivity index (χ0) is 10.5. The lowest BCUT2D eigenvalue weighted by Gasteiger charge is -2.04. The van der Waals surface area contributed by atoms with Crippen molar-refractivity contribution in [2.75, 3.05) is 0 Å². The summed E-state index contributed by atoms with van der Waals surface area (Å²) in [7, 11) is 0. The maximum Gasteiger partial charge on any atom is 0.213 e. The molecule has 0 fully saturated rings. The molecule has 4 heteroatoms. The Morgan fingerprint density at radius 2 is 2.07 bits per heavy atom. The quantitative estimate of drug-likeness (QED) is 0.719. The molecule has 3 nitrogen and oxygen atoms in total. The Hall–Kier alpha value is -1.97. The lowest BCUT2D eigenvalue weighted by molar-refractivity contribution is 0.299. The molecule has 0 amide bonds. The molecule has 2 heterocycles. The minimum atomic E-state index is -0.514. The van der Waals surface area contributed by atoms with Gasteiger partial charge in [-0.05, 0) is 24.3 Å². The molecule has 0 unspecified atom stereocenters. The first-order valence-corrected chi connectivity index (χ1v) is 4.49. The number of pyridine rings is 2. The molecule has 15 heavy (non-hydrogen) atoms. The van der Waals surface area contributed by atoms with Gasteiger partial charge in [-0.25, -0.2) is 4.98 Å². The van der Waals surface area contributed by atoms with Crippen molar-refractivity contribution in [3.05, 3.63) is 54.4 Å².